The molecule has 6 heteroatoms. The minimum atomic E-state index is -2.36. The van der Waals surface area contributed by atoms with E-state index in [9.17, 15) is 0 Å². The fraction of sp³-hybridized carbons (Fsp3) is 1.00. The van der Waals surface area contributed by atoms with Crippen LogP contribution >= 0.6 is 0 Å². The summed E-state index contributed by atoms with van der Waals surface area (Å²) < 4.78 is 16.7. The predicted octanol–water partition coefficient (Wildman–Crippen LogP) is 0.480. The molecule has 0 aromatic heterocycles. The summed E-state index contributed by atoms with van der Waals surface area (Å²) in [5.41, 5.74) is 0. The van der Waals surface area contributed by atoms with Gasteiger partial charge in [-0.05, 0) is 19.4 Å². The van der Waals surface area contributed by atoms with Crippen LogP contribution in [-0.2, 0) is 13.3 Å². The Morgan fingerprint density at radius 1 is 1.18 bits per heavy atom. The van der Waals surface area contributed by atoms with Crippen LogP contribution in [0.5, 0.6) is 0 Å². The lowest BCUT2D eigenvalue weighted by atomic mass is 9.96. The molecule has 0 spiro atoms. The minimum Gasteiger partial charge on any atom is -0.378 e. The topological polar surface area (TPSA) is 39.7 Å². The molecule has 17 heavy (non-hydrogen) atoms. The Morgan fingerprint density at radius 2 is 1.82 bits per heavy atom. The summed E-state index contributed by atoms with van der Waals surface area (Å²) >= 11 is 0. The lowest BCUT2D eigenvalue weighted by Crippen LogP contribution is -2.47. The second kappa shape index (κ2) is 8.39. The maximum Gasteiger partial charge on any atom is 0.501 e. The van der Waals surface area contributed by atoms with E-state index in [2.05, 4.69) is 5.32 Å². The van der Waals surface area contributed by atoms with Crippen molar-refractivity contribution in [2.75, 3.05) is 27.0 Å². The fourth-order valence-corrected chi connectivity index (χ4v) is 5.60. The highest BCUT2D eigenvalue weighted by Crippen LogP contribution is 2.18. The summed E-state index contributed by atoms with van der Waals surface area (Å²) in [5.74, 6) is 0. The third-order valence-electron chi connectivity index (χ3n) is 3.46. The van der Waals surface area contributed by atoms with Gasteiger partial charge in [0, 0.05) is 42.8 Å². The lowest BCUT2D eigenvalue weighted by Gasteiger charge is -2.28. The highest BCUT2D eigenvalue weighted by molar-refractivity contribution is 6.61. The van der Waals surface area contributed by atoms with E-state index in [0.717, 1.165) is 29.1 Å². The molecule has 1 rings (SSSR count). The summed E-state index contributed by atoms with van der Waals surface area (Å²) in [6.45, 7) is 0.945. The third-order valence-corrected chi connectivity index (χ3v) is 7.16. The first-order chi connectivity index (χ1) is 8.26. The Bertz CT molecular complexity index is 197. The number of hydrogen-bond donors (Lipinski definition) is 1. The van der Waals surface area contributed by atoms with Gasteiger partial charge < -0.3 is 18.6 Å². The Kier molecular flexibility index (Phi) is 7.57. The first-order valence-electron chi connectivity index (χ1n) is 6.74. The molecule has 1 aliphatic carbocycles. The smallest absolute Gasteiger partial charge is 0.378 e. The molecule has 0 unspecified atom stereocenters. The molecule has 1 aliphatic rings. The van der Waals surface area contributed by atoms with E-state index in [4.69, 9.17) is 13.3 Å². The van der Waals surface area contributed by atoms with Crippen LogP contribution in [0.1, 0.15) is 32.1 Å². The summed E-state index contributed by atoms with van der Waals surface area (Å²) in [4.78, 5) is 0. The Hall–Kier alpha value is 0.274. The van der Waals surface area contributed by atoms with Crippen molar-refractivity contribution in [1.82, 2.24) is 5.32 Å². The zero-order valence-electron chi connectivity index (χ0n) is 11.5. The van der Waals surface area contributed by atoms with Crippen LogP contribution in [0.15, 0.2) is 0 Å². The standard InChI is InChI=1S/C11H27NO3Si2/c1-13-17(14-2,15-10-16)9-8-12-11-6-4-3-5-7-11/h11-12H,3-10H2,1-2,16H3. The predicted molar refractivity (Wildman–Crippen MR) is 75.3 cm³/mol. The van der Waals surface area contributed by atoms with E-state index in [1.807, 2.05) is 0 Å². The van der Waals surface area contributed by atoms with Crippen LogP contribution in [0, 0.1) is 0 Å². The molecule has 0 aromatic rings. The average Bonchev–Trinajstić information content (AvgIpc) is 2.39. The van der Waals surface area contributed by atoms with Gasteiger partial charge in [0.25, 0.3) is 0 Å². The van der Waals surface area contributed by atoms with Crippen molar-refractivity contribution in [2.45, 2.75) is 44.2 Å². The first kappa shape index (κ1) is 15.3. The van der Waals surface area contributed by atoms with Crippen LogP contribution in [0.3, 0.4) is 0 Å². The van der Waals surface area contributed by atoms with E-state index in [0.29, 0.717) is 6.04 Å². The second-order valence-corrected chi connectivity index (χ2v) is 8.11. The zero-order valence-corrected chi connectivity index (χ0v) is 14.5. The van der Waals surface area contributed by atoms with Gasteiger partial charge in [-0.25, -0.2) is 0 Å². The molecule has 0 saturated heterocycles. The number of hydrogen-bond acceptors (Lipinski definition) is 4. The van der Waals surface area contributed by atoms with Crippen LogP contribution in [0.25, 0.3) is 0 Å². The second-order valence-electron chi connectivity index (χ2n) is 4.56. The van der Waals surface area contributed by atoms with Crippen LogP contribution in [0.4, 0.5) is 0 Å². The van der Waals surface area contributed by atoms with Gasteiger partial charge in [0.15, 0.2) is 0 Å². The Balaban J connectivity index is 2.25. The largest absolute Gasteiger partial charge is 0.501 e. The van der Waals surface area contributed by atoms with Crippen molar-refractivity contribution in [2.24, 2.45) is 0 Å². The molecular weight excluding hydrogens is 250 g/mol. The molecular formula is C11H27NO3Si2. The van der Waals surface area contributed by atoms with E-state index in [1.165, 1.54) is 32.1 Å². The van der Waals surface area contributed by atoms with E-state index < -0.39 is 8.80 Å². The van der Waals surface area contributed by atoms with E-state index in [-0.39, 0.29) is 0 Å². The first-order valence-corrected chi connectivity index (χ1v) is 10.1. The molecule has 4 nitrogen and oxygen atoms in total. The fourth-order valence-electron chi connectivity index (χ4n) is 2.43. The van der Waals surface area contributed by atoms with Gasteiger partial charge in [0.1, 0.15) is 0 Å². The van der Waals surface area contributed by atoms with E-state index >= 15 is 0 Å². The van der Waals surface area contributed by atoms with E-state index in [1.54, 1.807) is 14.2 Å². The summed E-state index contributed by atoms with van der Waals surface area (Å²) in [6, 6.07) is 1.57. The summed E-state index contributed by atoms with van der Waals surface area (Å²) in [6.07, 6.45) is 7.55. The quantitative estimate of drug-likeness (QED) is 0.655. The van der Waals surface area contributed by atoms with Crippen molar-refractivity contribution >= 4 is 19.0 Å². The Labute approximate surface area is 109 Å². The molecule has 1 saturated carbocycles. The molecule has 0 amide bonds. The summed E-state index contributed by atoms with van der Waals surface area (Å²) in [5, 5.41) is 3.61. The number of nitrogens with one attached hydrogen (secondary N) is 1. The molecule has 1 N–H and O–H groups in total. The molecule has 102 valence electrons. The highest BCUT2D eigenvalue weighted by Gasteiger charge is 2.38. The van der Waals surface area contributed by atoms with Gasteiger partial charge in [0.2, 0.25) is 0 Å². The van der Waals surface area contributed by atoms with Gasteiger partial charge in [-0.3, -0.25) is 0 Å². The van der Waals surface area contributed by atoms with Gasteiger partial charge in [-0.15, -0.1) is 0 Å². The van der Waals surface area contributed by atoms with Crippen molar-refractivity contribution < 1.29 is 13.3 Å². The maximum atomic E-state index is 5.73. The van der Waals surface area contributed by atoms with Crippen LogP contribution < -0.4 is 5.32 Å². The normalized spacial score (nSPS) is 18.7. The monoisotopic (exact) mass is 277 g/mol. The number of rotatable bonds is 8. The van der Waals surface area contributed by atoms with Crippen molar-refractivity contribution in [3.8, 4) is 0 Å². The molecule has 0 aliphatic heterocycles. The molecule has 0 radical (unpaired) electrons. The Morgan fingerprint density at radius 3 is 2.35 bits per heavy atom. The minimum absolute atomic E-state index is 0.695. The summed E-state index contributed by atoms with van der Waals surface area (Å²) in [7, 11) is 2.08. The van der Waals surface area contributed by atoms with Gasteiger partial charge in [-0.2, -0.15) is 0 Å². The van der Waals surface area contributed by atoms with Crippen molar-refractivity contribution in [3.05, 3.63) is 0 Å². The van der Waals surface area contributed by atoms with Crippen LogP contribution in [0.2, 0.25) is 6.04 Å². The molecule has 1 fully saturated rings. The average molecular weight is 278 g/mol. The molecule has 0 heterocycles. The zero-order chi connectivity index (χ0) is 12.6. The van der Waals surface area contributed by atoms with Crippen LogP contribution in [-0.4, -0.2) is 52.1 Å². The van der Waals surface area contributed by atoms with Crippen molar-refractivity contribution in [1.29, 1.82) is 0 Å². The molecule has 0 aromatic carbocycles. The SMILES string of the molecule is CO[Si](CCNC1CCCCC1)(OC)OC[SiH3]. The van der Waals surface area contributed by atoms with Gasteiger partial charge in [0.05, 0.1) is 0 Å². The highest BCUT2D eigenvalue weighted by atomic mass is 28.4. The third kappa shape index (κ3) is 5.19. The van der Waals surface area contributed by atoms with Gasteiger partial charge in [-0.1, -0.05) is 19.3 Å². The maximum absolute atomic E-state index is 5.73. The lowest BCUT2D eigenvalue weighted by molar-refractivity contribution is 0.116. The van der Waals surface area contributed by atoms with Crippen molar-refractivity contribution in [3.63, 3.8) is 0 Å². The molecule has 0 bridgehead atoms. The molecule has 0 atom stereocenters. The van der Waals surface area contributed by atoms with Gasteiger partial charge >= 0.3 is 8.80 Å².